The Morgan fingerprint density at radius 2 is 2.06 bits per heavy atom. The summed E-state index contributed by atoms with van der Waals surface area (Å²) in [7, 11) is 0. The third kappa shape index (κ3) is 2.25. The smallest absolute Gasteiger partial charge is 0.108 e. The minimum atomic E-state index is 0.270. The zero-order valence-electron chi connectivity index (χ0n) is 9.50. The van der Waals surface area contributed by atoms with Gasteiger partial charge in [0.2, 0.25) is 0 Å². The van der Waals surface area contributed by atoms with E-state index in [0.717, 1.165) is 18.6 Å². The molecule has 0 spiro atoms. The molecular weight excluding hydrogens is 284 g/mol. The highest BCUT2D eigenvalue weighted by atomic mass is 79.9. The SMILES string of the molecule is CCc1ccc(C(Br)c2ccoc2CC)s1. The van der Waals surface area contributed by atoms with Crippen LogP contribution in [0.5, 0.6) is 0 Å². The molecule has 0 aliphatic carbocycles. The summed E-state index contributed by atoms with van der Waals surface area (Å²) in [5, 5.41) is 0. The predicted octanol–water partition coefficient (Wildman–Crippen LogP) is 4.95. The fourth-order valence-corrected chi connectivity index (χ4v) is 3.53. The molecule has 1 atom stereocenters. The zero-order chi connectivity index (χ0) is 11.5. The molecule has 2 heterocycles. The van der Waals surface area contributed by atoms with Crippen molar-refractivity contribution < 1.29 is 4.42 Å². The van der Waals surface area contributed by atoms with Gasteiger partial charge in [0.25, 0.3) is 0 Å². The fraction of sp³-hybridized carbons (Fsp3) is 0.385. The van der Waals surface area contributed by atoms with Crippen LogP contribution in [0.2, 0.25) is 0 Å². The van der Waals surface area contributed by atoms with Crippen LogP contribution in [-0.4, -0.2) is 0 Å². The Morgan fingerprint density at radius 1 is 1.25 bits per heavy atom. The number of alkyl halides is 1. The van der Waals surface area contributed by atoms with Crippen molar-refractivity contribution in [2.75, 3.05) is 0 Å². The molecule has 0 aliphatic heterocycles. The first-order chi connectivity index (χ1) is 7.76. The molecule has 0 amide bonds. The number of halogens is 1. The average Bonchev–Trinajstić information content (AvgIpc) is 2.96. The largest absolute Gasteiger partial charge is 0.469 e. The summed E-state index contributed by atoms with van der Waals surface area (Å²) in [5.74, 6) is 1.08. The number of rotatable bonds is 4. The van der Waals surface area contributed by atoms with Gasteiger partial charge in [-0.2, -0.15) is 0 Å². The fourth-order valence-electron chi connectivity index (χ4n) is 1.74. The predicted molar refractivity (Wildman–Crippen MR) is 72.6 cm³/mol. The van der Waals surface area contributed by atoms with Gasteiger partial charge in [-0.3, -0.25) is 0 Å². The van der Waals surface area contributed by atoms with E-state index < -0.39 is 0 Å². The lowest BCUT2D eigenvalue weighted by Crippen LogP contribution is -1.91. The van der Waals surface area contributed by atoms with E-state index in [1.165, 1.54) is 15.3 Å². The first-order valence-corrected chi connectivity index (χ1v) is 7.28. The van der Waals surface area contributed by atoms with E-state index in [1.54, 1.807) is 6.26 Å². The van der Waals surface area contributed by atoms with Gasteiger partial charge in [-0.15, -0.1) is 11.3 Å². The molecule has 3 heteroatoms. The molecule has 2 rings (SSSR count). The van der Waals surface area contributed by atoms with Gasteiger partial charge in [0.05, 0.1) is 11.1 Å². The lowest BCUT2D eigenvalue weighted by Gasteiger charge is -2.06. The molecule has 0 aliphatic rings. The maximum atomic E-state index is 5.46. The van der Waals surface area contributed by atoms with Crippen LogP contribution in [0.4, 0.5) is 0 Å². The standard InChI is InChI=1S/C13H15BrOS/c1-3-9-5-6-12(16-9)13(14)10-7-8-15-11(10)4-2/h5-8,13H,3-4H2,1-2H3. The van der Waals surface area contributed by atoms with Crippen LogP contribution in [0, 0.1) is 0 Å². The second-order valence-corrected chi connectivity index (χ2v) is 5.79. The number of furan rings is 1. The highest BCUT2D eigenvalue weighted by molar-refractivity contribution is 9.09. The molecule has 2 aromatic heterocycles. The van der Waals surface area contributed by atoms with E-state index in [-0.39, 0.29) is 4.83 Å². The molecule has 0 N–H and O–H groups in total. The van der Waals surface area contributed by atoms with Crippen LogP contribution in [-0.2, 0) is 12.8 Å². The van der Waals surface area contributed by atoms with E-state index in [4.69, 9.17) is 4.42 Å². The molecule has 86 valence electrons. The van der Waals surface area contributed by atoms with Gasteiger partial charge in [0, 0.05) is 21.7 Å². The van der Waals surface area contributed by atoms with E-state index in [9.17, 15) is 0 Å². The number of thiophene rings is 1. The van der Waals surface area contributed by atoms with Gasteiger partial charge in [-0.25, -0.2) is 0 Å². The molecule has 16 heavy (non-hydrogen) atoms. The monoisotopic (exact) mass is 298 g/mol. The summed E-state index contributed by atoms with van der Waals surface area (Å²) >= 11 is 5.63. The van der Waals surface area contributed by atoms with Gasteiger partial charge in [0.1, 0.15) is 5.76 Å². The first-order valence-electron chi connectivity index (χ1n) is 5.55. The maximum absolute atomic E-state index is 5.46. The molecule has 0 saturated heterocycles. The lowest BCUT2D eigenvalue weighted by atomic mass is 10.1. The van der Waals surface area contributed by atoms with Gasteiger partial charge in [-0.1, -0.05) is 29.8 Å². The van der Waals surface area contributed by atoms with Crippen LogP contribution >= 0.6 is 27.3 Å². The van der Waals surface area contributed by atoms with Crippen LogP contribution in [0.1, 0.15) is 39.8 Å². The molecule has 2 aromatic rings. The third-order valence-electron chi connectivity index (χ3n) is 2.65. The average molecular weight is 299 g/mol. The normalized spacial score (nSPS) is 12.9. The van der Waals surface area contributed by atoms with Crippen molar-refractivity contribution in [1.82, 2.24) is 0 Å². The van der Waals surface area contributed by atoms with Crippen LogP contribution in [0.25, 0.3) is 0 Å². The molecule has 1 unspecified atom stereocenters. The minimum absolute atomic E-state index is 0.270. The first kappa shape index (κ1) is 11.9. The lowest BCUT2D eigenvalue weighted by molar-refractivity contribution is 0.512. The van der Waals surface area contributed by atoms with Crippen molar-refractivity contribution in [2.45, 2.75) is 31.5 Å². The third-order valence-corrected chi connectivity index (χ3v) is 5.24. The Labute approximate surface area is 109 Å². The molecule has 0 fully saturated rings. The molecule has 0 aromatic carbocycles. The molecular formula is C13H15BrOS. The molecule has 0 saturated carbocycles. The van der Waals surface area contributed by atoms with Crippen molar-refractivity contribution in [3.8, 4) is 0 Å². The van der Waals surface area contributed by atoms with Crippen LogP contribution in [0.15, 0.2) is 28.9 Å². The topological polar surface area (TPSA) is 13.1 Å². The van der Waals surface area contributed by atoms with Gasteiger partial charge >= 0.3 is 0 Å². The summed E-state index contributed by atoms with van der Waals surface area (Å²) < 4.78 is 5.46. The summed E-state index contributed by atoms with van der Waals surface area (Å²) in [6.07, 6.45) is 3.82. The summed E-state index contributed by atoms with van der Waals surface area (Å²) in [4.78, 5) is 3.06. The zero-order valence-corrected chi connectivity index (χ0v) is 11.9. The van der Waals surface area contributed by atoms with Crippen molar-refractivity contribution >= 4 is 27.3 Å². The van der Waals surface area contributed by atoms with Crippen molar-refractivity contribution in [3.63, 3.8) is 0 Å². The van der Waals surface area contributed by atoms with Crippen molar-refractivity contribution in [3.05, 3.63) is 45.5 Å². The Hall–Kier alpha value is -0.540. The van der Waals surface area contributed by atoms with Crippen LogP contribution in [0.3, 0.4) is 0 Å². The summed E-state index contributed by atoms with van der Waals surface area (Å²) in [5.41, 5.74) is 1.26. The Balaban J connectivity index is 2.27. The van der Waals surface area contributed by atoms with Crippen molar-refractivity contribution in [2.24, 2.45) is 0 Å². The highest BCUT2D eigenvalue weighted by Gasteiger charge is 2.17. The number of aryl methyl sites for hydroxylation is 2. The number of hydrogen-bond acceptors (Lipinski definition) is 2. The second kappa shape index (κ2) is 5.19. The Bertz CT molecular complexity index is 458. The van der Waals surface area contributed by atoms with E-state index in [1.807, 2.05) is 11.3 Å². The highest BCUT2D eigenvalue weighted by Crippen LogP contribution is 2.37. The van der Waals surface area contributed by atoms with E-state index >= 15 is 0 Å². The van der Waals surface area contributed by atoms with Gasteiger partial charge in [-0.05, 0) is 24.6 Å². The quantitative estimate of drug-likeness (QED) is 0.728. The Morgan fingerprint density at radius 3 is 2.69 bits per heavy atom. The number of hydrogen-bond donors (Lipinski definition) is 0. The van der Waals surface area contributed by atoms with Gasteiger partial charge < -0.3 is 4.42 Å². The second-order valence-electron chi connectivity index (χ2n) is 3.67. The summed E-state index contributed by atoms with van der Waals surface area (Å²) in [6.45, 7) is 4.31. The van der Waals surface area contributed by atoms with E-state index in [2.05, 4.69) is 48.0 Å². The van der Waals surface area contributed by atoms with Crippen LogP contribution < -0.4 is 0 Å². The molecule has 0 bridgehead atoms. The molecule has 0 radical (unpaired) electrons. The summed E-state index contributed by atoms with van der Waals surface area (Å²) in [6, 6.07) is 6.47. The molecule has 1 nitrogen and oxygen atoms in total. The van der Waals surface area contributed by atoms with E-state index in [0.29, 0.717) is 0 Å². The van der Waals surface area contributed by atoms with Crippen molar-refractivity contribution in [1.29, 1.82) is 0 Å². The van der Waals surface area contributed by atoms with Gasteiger partial charge in [0.15, 0.2) is 0 Å². The maximum Gasteiger partial charge on any atom is 0.108 e. The Kier molecular flexibility index (Phi) is 3.87. The minimum Gasteiger partial charge on any atom is -0.469 e.